The van der Waals surface area contributed by atoms with E-state index in [4.69, 9.17) is 0 Å². The number of hydrogen-bond donors (Lipinski definition) is 0. The molecule has 0 radical (unpaired) electrons. The number of hydrogen-bond acceptors (Lipinski definition) is 3. The van der Waals surface area contributed by atoms with Crippen LogP contribution in [0.3, 0.4) is 0 Å². The Hall–Kier alpha value is -0.680. The van der Waals surface area contributed by atoms with Crippen LogP contribution in [0.4, 0.5) is 0 Å². The van der Waals surface area contributed by atoms with Crippen LogP contribution in [0.1, 0.15) is 42.6 Å². The number of thiazole rings is 1. The van der Waals surface area contributed by atoms with Crippen LogP contribution in [0.2, 0.25) is 0 Å². The van der Waals surface area contributed by atoms with E-state index in [0.29, 0.717) is 11.6 Å². The summed E-state index contributed by atoms with van der Waals surface area (Å²) in [6.45, 7) is 0.844. The molecule has 1 aliphatic heterocycles. The van der Waals surface area contributed by atoms with Gasteiger partial charge in [0.1, 0.15) is 5.69 Å². The van der Waals surface area contributed by atoms with Crippen molar-refractivity contribution in [2.24, 2.45) is 5.92 Å². The summed E-state index contributed by atoms with van der Waals surface area (Å²) in [5.41, 5.74) is 1.82. The van der Waals surface area contributed by atoms with E-state index in [2.05, 4.69) is 27.0 Å². The molecular formula is C13H15BrN2OS. The number of piperidine rings is 1. The number of nitrogens with zero attached hydrogens (tertiary/aromatic N) is 2. The molecule has 1 unspecified atom stereocenters. The first-order valence-electron chi connectivity index (χ1n) is 6.38. The van der Waals surface area contributed by atoms with Gasteiger partial charge in [-0.3, -0.25) is 4.79 Å². The highest BCUT2D eigenvalue weighted by atomic mass is 79.9. The van der Waals surface area contributed by atoms with Gasteiger partial charge in [0.05, 0.1) is 0 Å². The van der Waals surface area contributed by atoms with Gasteiger partial charge in [-0.1, -0.05) is 6.08 Å². The summed E-state index contributed by atoms with van der Waals surface area (Å²) in [7, 11) is 0. The van der Waals surface area contributed by atoms with Crippen molar-refractivity contribution in [1.82, 2.24) is 9.88 Å². The van der Waals surface area contributed by atoms with Crippen LogP contribution in [0.25, 0.3) is 0 Å². The Balaban J connectivity index is 1.86. The van der Waals surface area contributed by atoms with Gasteiger partial charge in [-0.05, 0) is 54.0 Å². The molecule has 1 aromatic rings. The van der Waals surface area contributed by atoms with E-state index in [-0.39, 0.29) is 5.91 Å². The Morgan fingerprint density at radius 3 is 3.06 bits per heavy atom. The van der Waals surface area contributed by atoms with E-state index in [1.807, 2.05) is 10.3 Å². The fourth-order valence-corrected chi connectivity index (χ4v) is 3.87. The maximum Gasteiger partial charge on any atom is 0.277 e. The normalized spacial score (nSPS) is 23.5. The summed E-state index contributed by atoms with van der Waals surface area (Å²) >= 11 is 4.78. The van der Waals surface area contributed by atoms with Gasteiger partial charge in [-0.15, -0.1) is 11.3 Å². The number of amides is 1. The van der Waals surface area contributed by atoms with E-state index >= 15 is 0 Å². The molecule has 0 aromatic carbocycles. The maximum absolute atomic E-state index is 12.5. The Morgan fingerprint density at radius 1 is 1.44 bits per heavy atom. The first-order valence-corrected chi connectivity index (χ1v) is 8.06. The highest BCUT2D eigenvalue weighted by Crippen LogP contribution is 2.35. The van der Waals surface area contributed by atoms with Gasteiger partial charge >= 0.3 is 0 Å². The smallest absolute Gasteiger partial charge is 0.277 e. The largest absolute Gasteiger partial charge is 0.311 e. The molecule has 5 heteroatoms. The van der Waals surface area contributed by atoms with Crippen LogP contribution in [0, 0.1) is 5.92 Å². The molecule has 3 nitrogen and oxygen atoms in total. The van der Waals surface area contributed by atoms with Crippen molar-refractivity contribution < 1.29 is 4.79 Å². The van der Waals surface area contributed by atoms with Gasteiger partial charge < -0.3 is 4.90 Å². The number of fused-ring (bicyclic) bond motifs is 1. The minimum absolute atomic E-state index is 0.0646. The molecule has 0 bridgehead atoms. The number of likely N-dealkylation sites (tertiary alicyclic amines) is 1. The minimum Gasteiger partial charge on any atom is -0.311 e. The molecule has 18 heavy (non-hydrogen) atoms. The topological polar surface area (TPSA) is 33.2 Å². The van der Waals surface area contributed by atoms with Crippen LogP contribution >= 0.6 is 27.3 Å². The number of halogens is 1. The zero-order valence-electron chi connectivity index (χ0n) is 10.1. The molecular weight excluding hydrogens is 312 g/mol. The average Bonchev–Trinajstić information content (AvgIpc) is 2.84. The van der Waals surface area contributed by atoms with Crippen molar-refractivity contribution >= 4 is 33.2 Å². The zero-order chi connectivity index (χ0) is 12.5. The Labute approximate surface area is 119 Å². The molecule has 96 valence electrons. The monoisotopic (exact) mass is 326 g/mol. The van der Waals surface area contributed by atoms with Crippen molar-refractivity contribution in [3.8, 4) is 0 Å². The molecule has 1 fully saturated rings. The lowest BCUT2D eigenvalue weighted by Gasteiger charge is -2.37. The summed E-state index contributed by atoms with van der Waals surface area (Å²) in [5, 5.41) is 1.83. The van der Waals surface area contributed by atoms with E-state index in [1.54, 1.807) is 0 Å². The highest BCUT2D eigenvalue weighted by molar-refractivity contribution is 9.11. The molecule has 2 heterocycles. The summed E-state index contributed by atoms with van der Waals surface area (Å²) in [6.07, 6.45) is 8.20. The second kappa shape index (κ2) is 5.13. The summed E-state index contributed by atoms with van der Waals surface area (Å²) < 4.78 is 0.775. The van der Waals surface area contributed by atoms with Crippen LogP contribution in [0.5, 0.6) is 0 Å². The average molecular weight is 327 g/mol. The Morgan fingerprint density at radius 2 is 2.28 bits per heavy atom. The SMILES string of the molecule is O=C(c1csc(Br)n1)N1CCCC2CCCC=C21. The Bertz CT molecular complexity index is 497. The van der Waals surface area contributed by atoms with Gasteiger partial charge in [0.2, 0.25) is 0 Å². The van der Waals surface area contributed by atoms with Crippen LogP contribution in [-0.2, 0) is 0 Å². The molecule has 1 amide bonds. The molecule has 2 aliphatic rings. The van der Waals surface area contributed by atoms with Gasteiger partial charge in [-0.2, -0.15) is 0 Å². The van der Waals surface area contributed by atoms with Gasteiger partial charge in [0, 0.05) is 17.6 Å². The van der Waals surface area contributed by atoms with Crippen LogP contribution in [-0.4, -0.2) is 22.3 Å². The standard InChI is InChI=1S/C13H15BrN2OS/c14-13-15-10(8-18-13)12(17)16-7-3-5-9-4-1-2-6-11(9)16/h6,8-9H,1-5,7H2. The molecule has 1 aromatic heterocycles. The van der Waals surface area contributed by atoms with Crippen LogP contribution in [0.15, 0.2) is 21.1 Å². The van der Waals surface area contributed by atoms with Gasteiger partial charge in [-0.25, -0.2) is 4.98 Å². The quantitative estimate of drug-likeness (QED) is 0.785. The zero-order valence-corrected chi connectivity index (χ0v) is 12.5. The molecule has 0 spiro atoms. The lowest BCUT2D eigenvalue weighted by Crippen LogP contribution is -2.39. The summed E-state index contributed by atoms with van der Waals surface area (Å²) in [6, 6.07) is 0. The second-order valence-electron chi connectivity index (χ2n) is 4.84. The highest BCUT2D eigenvalue weighted by Gasteiger charge is 2.31. The van der Waals surface area contributed by atoms with Crippen molar-refractivity contribution in [3.63, 3.8) is 0 Å². The number of rotatable bonds is 1. The van der Waals surface area contributed by atoms with E-state index in [9.17, 15) is 4.79 Å². The molecule has 0 saturated carbocycles. The third-order valence-electron chi connectivity index (χ3n) is 3.71. The molecule has 0 N–H and O–H groups in total. The lowest BCUT2D eigenvalue weighted by atomic mass is 9.85. The lowest BCUT2D eigenvalue weighted by molar-refractivity contribution is 0.0743. The fraction of sp³-hybridized carbons (Fsp3) is 0.538. The third-order valence-corrected chi connectivity index (χ3v) is 5.08. The predicted octanol–water partition coefficient (Wildman–Crippen LogP) is 3.83. The number of carbonyl (C=O) groups excluding carboxylic acids is 1. The van der Waals surface area contributed by atoms with Crippen molar-refractivity contribution in [3.05, 3.63) is 26.8 Å². The van der Waals surface area contributed by atoms with Crippen molar-refractivity contribution in [1.29, 1.82) is 0 Å². The van der Waals surface area contributed by atoms with Gasteiger partial charge in [0.25, 0.3) is 5.91 Å². The molecule has 3 rings (SSSR count). The molecule has 1 aliphatic carbocycles. The first kappa shape index (κ1) is 12.4. The first-order chi connectivity index (χ1) is 8.75. The minimum atomic E-state index is 0.0646. The van der Waals surface area contributed by atoms with Gasteiger partial charge in [0.15, 0.2) is 3.92 Å². The summed E-state index contributed by atoms with van der Waals surface area (Å²) in [5.74, 6) is 0.660. The van der Waals surface area contributed by atoms with Crippen LogP contribution < -0.4 is 0 Å². The van der Waals surface area contributed by atoms with Crippen molar-refractivity contribution in [2.75, 3.05) is 6.54 Å². The molecule has 1 saturated heterocycles. The van der Waals surface area contributed by atoms with Crippen molar-refractivity contribution in [2.45, 2.75) is 32.1 Å². The number of aromatic nitrogens is 1. The third kappa shape index (κ3) is 2.26. The van der Waals surface area contributed by atoms with E-state index in [1.165, 1.54) is 36.3 Å². The predicted molar refractivity (Wildman–Crippen MR) is 75.5 cm³/mol. The number of carbonyl (C=O) groups is 1. The maximum atomic E-state index is 12.5. The number of allylic oxidation sites excluding steroid dienone is 2. The second-order valence-corrected chi connectivity index (χ2v) is 6.98. The summed E-state index contributed by atoms with van der Waals surface area (Å²) in [4.78, 5) is 18.7. The van der Waals surface area contributed by atoms with E-state index in [0.717, 1.165) is 23.3 Å². The molecule has 1 atom stereocenters. The van der Waals surface area contributed by atoms with E-state index < -0.39 is 0 Å². The fourth-order valence-electron chi connectivity index (χ4n) is 2.88. The Kier molecular flexibility index (Phi) is 3.52.